The van der Waals surface area contributed by atoms with Crippen LogP contribution in [-0.4, -0.2) is 34.5 Å². The number of ketones is 2. The van der Waals surface area contributed by atoms with Crippen LogP contribution in [0.15, 0.2) is 24.3 Å². The van der Waals surface area contributed by atoms with Crippen LogP contribution in [0.2, 0.25) is 0 Å². The normalized spacial score (nSPS) is 12.7. The number of hydrogen-bond acceptors (Lipinski definition) is 4. The van der Waals surface area contributed by atoms with E-state index in [9.17, 15) is 19.8 Å². The minimum atomic E-state index is -1.36. The van der Waals surface area contributed by atoms with Gasteiger partial charge in [-0.1, -0.05) is 141 Å². The van der Waals surface area contributed by atoms with Crippen LogP contribution >= 0.6 is 0 Å². The van der Waals surface area contributed by atoms with E-state index in [1.165, 1.54) is 103 Å². The minimum absolute atomic E-state index is 0.0755. The summed E-state index contributed by atoms with van der Waals surface area (Å²) in [6.45, 7) is 3.93. The third kappa shape index (κ3) is 28.0. The highest BCUT2D eigenvalue weighted by molar-refractivity contribution is 6.17. The van der Waals surface area contributed by atoms with E-state index >= 15 is 0 Å². The van der Waals surface area contributed by atoms with E-state index in [1.807, 2.05) is 0 Å². The Kier molecular flexibility index (Phi) is 32.6. The van der Waals surface area contributed by atoms with E-state index in [-0.39, 0.29) is 30.3 Å². The summed E-state index contributed by atoms with van der Waals surface area (Å²) in [6, 6.07) is 0. The Morgan fingerprint density at radius 3 is 1.05 bits per heavy atom. The first-order valence-corrected chi connectivity index (χ1v) is 18.6. The number of aliphatic hydroxyl groups is 2. The molecule has 0 rings (SSSR count). The quantitative estimate of drug-likeness (QED) is 0.0436. The molecule has 0 aliphatic heterocycles. The summed E-state index contributed by atoms with van der Waals surface area (Å²) in [5.41, 5.74) is 0. The largest absolute Gasteiger partial charge is 0.394 e. The summed E-state index contributed by atoms with van der Waals surface area (Å²) in [4.78, 5) is 25.5. The van der Waals surface area contributed by atoms with Gasteiger partial charge in [-0.05, 0) is 64.2 Å². The highest BCUT2D eigenvalue weighted by Gasteiger charge is 2.33. The molecule has 4 nitrogen and oxygen atoms in total. The Hall–Kier alpha value is -1.26. The molecule has 0 saturated heterocycles. The molecule has 4 heteroatoms. The first-order chi connectivity index (χ1) is 21.1. The van der Waals surface area contributed by atoms with Crippen LogP contribution in [-0.2, 0) is 9.59 Å². The van der Waals surface area contributed by atoms with Crippen LogP contribution < -0.4 is 0 Å². The van der Waals surface area contributed by atoms with Crippen molar-refractivity contribution in [3.05, 3.63) is 30.2 Å². The van der Waals surface area contributed by atoms with E-state index in [1.54, 1.807) is 0 Å². The fraction of sp³-hybridized carbons (Fsp3) is 0.821. The Labute approximate surface area is 267 Å². The van der Waals surface area contributed by atoms with Gasteiger partial charge in [0.25, 0.3) is 0 Å². The number of hydrogen-bond donors (Lipinski definition) is 2. The molecule has 1 atom stereocenters. The van der Waals surface area contributed by atoms with E-state index in [0.29, 0.717) is 0 Å². The lowest BCUT2D eigenvalue weighted by atomic mass is 9.87. The second kappa shape index (κ2) is 33.6. The molecule has 0 bridgehead atoms. The molecule has 2 N–H and O–H groups in total. The summed E-state index contributed by atoms with van der Waals surface area (Å²) in [6.07, 6.45) is 39.5. The molecule has 1 unspecified atom stereocenters. The van der Waals surface area contributed by atoms with Crippen LogP contribution in [0.1, 0.15) is 194 Å². The van der Waals surface area contributed by atoms with E-state index in [0.717, 1.165) is 64.2 Å². The van der Waals surface area contributed by atoms with Crippen molar-refractivity contribution in [3.63, 3.8) is 0 Å². The van der Waals surface area contributed by atoms with Gasteiger partial charge in [0.15, 0.2) is 11.6 Å². The van der Waals surface area contributed by atoms with Gasteiger partial charge in [-0.2, -0.15) is 0 Å². The average Bonchev–Trinajstić information content (AvgIpc) is 3.01. The summed E-state index contributed by atoms with van der Waals surface area (Å²) in [5, 5.41) is 19.6. The molecule has 1 radical (unpaired) electrons. The van der Waals surface area contributed by atoms with Gasteiger partial charge in [0.1, 0.15) is 5.92 Å². The van der Waals surface area contributed by atoms with Crippen molar-refractivity contribution in [3.8, 4) is 0 Å². The SMILES string of the molecule is CCCCCCCC/C=C\CCCCCCCC(=O)[C](C(=O)CCCCCCC/C=C\CCCCCCCC)C(O)CO. The maximum Gasteiger partial charge on any atom is 0.150 e. The van der Waals surface area contributed by atoms with E-state index < -0.39 is 12.7 Å². The molecule has 0 aromatic carbocycles. The predicted molar refractivity (Wildman–Crippen MR) is 185 cm³/mol. The fourth-order valence-corrected chi connectivity index (χ4v) is 5.60. The molecule has 0 amide bonds. The summed E-state index contributed by atoms with van der Waals surface area (Å²) in [7, 11) is 0. The summed E-state index contributed by atoms with van der Waals surface area (Å²) < 4.78 is 0. The lowest BCUT2D eigenvalue weighted by Crippen LogP contribution is -2.35. The Morgan fingerprint density at radius 2 is 0.744 bits per heavy atom. The first-order valence-electron chi connectivity index (χ1n) is 18.6. The molecule has 43 heavy (non-hydrogen) atoms. The van der Waals surface area contributed by atoms with Crippen molar-refractivity contribution in [2.24, 2.45) is 0 Å². The zero-order chi connectivity index (χ0) is 31.6. The third-order valence-corrected chi connectivity index (χ3v) is 8.44. The zero-order valence-corrected chi connectivity index (χ0v) is 28.6. The molecule has 251 valence electrons. The monoisotopic (exact) mass is 604 g/mol. The van der Waals surface area contributed by atoms with Gasteiger partial charge in [0.05, 0.1) is 12.7 Å². The number of aliphatic hydroxyl groups excluding tert-OH is 2. The Balaban J connectivity index is 3.87. The lowest BCUT2D eigenvalue weighted by molar-refractivity contribution is -0.127. The number of rotatable bonds is 34. The fourth-order valence-electron chi connectivity index (χ4n) is 5.60. The number of carbonyl (C=O) groups is 2. The molecular weight excluding hydrogens is 532 g/mol. The number of allylic oxidation sites excluding steroid dienone is 4. The van der Waals surface area contributed by atoms with E-state index in [2.05, 4.69) is 38.2 Å². The minimum Gasteiger partial charge on any atom is -0.394 e. The second-order valence-electron chi connectivity index (χ2n) is 12.6. The second-order valence-corrected chi connectivity index (χ2v) is 12.6. The molecule has 0 aliphatic carbocycles. The van der Waals surface area contributed by atoms with Crippen LogP contribution in [0, 0.1) is 5.92 Å². The summed E-state index contributed by atoms with van der Waals surface area (Å²) in [5.74, 6) is -0.637. The molecule has 0 saturated carbocycles. The molecule has 0 aliphatic rings. The van der Waals surface area contributed by atoms with Crippen molar-refractivity contribution in [2.45, 2.75) is 200 Å². The molecule has 0 heterocycles. The van der Waals surface area contributed by atoms with Gasteiger partial charge < -0.3 is 10.2 Å². The molecular formula is C39H71O4. The van der Waals surface area contributed by atoms with Crippen LogP contribution in [0.3, 0.4) is 0 Å². The van der Waals surface area contributed by atoms with Gasteiger partial charge in [-0.25, -0.2) is 0 Å². The first kappa shape index (κ1) is 41.7. The van der Waals surface area contributed by atoms with Gasteiger partial charge in [-0.3, -0.25) is 9.59 Å². The molecule has 0 aromatic rings. The van der Waals surface area contributed by atoms with Crippen molar-refractivity contribution < 1.29 is 19.8 Å². The van der Waals surface area contributed by atoms with Crippen molar-refractivity contribution in [1.82, 2.24) is 0 Å². The maximum atomic E-state index is 12.7. The Morgan fingerprint density at radius 1 is 0.465 bits per heavy atom. The number of Topliss-reactive ketones (excluding diaryl/α,β-unsaturated/α-hetero) is 2. The van der Waals surface area contributed by atoms with E-state index in [4.69, 9.17) is 0 Å². The molecule has 0 fully saturated rings. The van der Waals surface area contributed by atoms with Gasteiger partial charge in [0, 0.05) is 12.8 Å². The third-order valence-electron chi connectivity index (χ3n) is 8.44. The highest BCUT2D eigenvalue weighted by atomic mass is 16.3. The highest BCUT2D eigenvalue weighted by Crippen LogP contribution is 2.20. The maximum absolute atomic E-state index is 12.7. The number of unbranched alkanes of at least 4 members (excludes halogenated alkanes) is 22. The lowest BCUT2D eigenvalue weighted by Gasteiger charge is -2.18. The zero-order valence-electron chi connectivity index (χ0n) is 28.6. The van der Waals surface area contributed by atoms with Crippen molar-refractivity contribution >= 4 is 11.6 Å². The van der Waals surface area contributed by atoms with Gasteiger partial charge >= 0.3 is 0 Å². The van der Waals surface area contributed by atoms with Crippen LogP contribution in [0.5, 0.6) is 0 Å². The Bertz CT molecular complexity index is 616. The molecule has 0 aromatic heterocycles. The van der Waals surface area contributed by atoms with Crippen LogP contribution in [0.25, 0.3) is 0 Å². The van der Waals surface area contributed by atoms with Crippen LogP contribution in [0.4, 0.5) is 0 Å². The summed E-state index contributed by atoms with van der Waals surface area (Å²) >= 11 is 0. The predicted octanol–water partition coefficient (Wildman–Crippen LogP) is 11.1. The topological polar surface area (TPSA) is 74.6 Å². The van der Waals surface area contributed by atoms with Gasteiger partial charge in [-0.15, -0.1) is 0 Å². The van der Waals surface area contributed by atoms with Gasteiger partial charge in [0.2, 0.25) is 0 Å². The van der Waals surface area contributed by atoms with Crippen molar-refractivity contribution in [1.29, 1.82) is 0 Å². The standard InChI is InChI=1S/C39H71O4/c1-3-5-7-9-11-13-15-17-19-21-23-25-27-29-31-33-36(41)39(38(43)35-40)37(42)34-32-30-28-26-24-22-20-18-16-14-12-10-8-6-4-2/h17-20,38,40,43H,3-16,21-35H2,1-2H3/b19-17-,20-18-. The average molecular weight is 604 g/mol. The smallest absolute Gasteiger partial charge is 0.150 e. The van der Waals surface area contributed by atoms with Crippen molar-refractivity contribution in [2.75, 3.05) is 6.61 Å². The number of carbonyl (C=O) groups excluding carboxylic acids is 2. The molecule has 0 spiro atoms.